The Morgan fingerprint density at radius 1 is 1.62 bits per heavy atom. The van der Waals surface area contributed by atoms with Gasteiger partial charge >= 0.3 is 0 Å². The minimum atomic E-state index is 0.0982. The highest BCUT2D eigenvalue weighted by molar-refractivity contribution is 7.98. The fourth-order valence-electron chi connectivity index (χ4n) is 0.931. The van der Waals surface area contributed by atoms with Crippen LogP contribution in [0.25, 0.3) is 0 Å². The summed E-state index contributed by atoms with van der Waals surface area (Å²) in [5.74, 6) is 0.0982. The van der Waals surface area contributed by atoms with Crippen molar-refractivity contribution in [3.05, 3.63) is 28.8 Å². The summed E-state index contributed by atoms with van der Waals surface area (Å²) in [6, 6.07) is 5.21. The van der Waals surface area contributed by atoms with Crippen LogP contribution in [-0.2, 0) is 0 Å². The van der Waals surface area contributed by atoms with Gasteiger partial charge < -0.3 is 10.9 Å². The number of halogens is 1. The van der Waals surface area contributed by atoms with E-state index in [0.29, 0.717) is 10.6 Å². The fraction of sp³-hybridized carbons (Fsp3) is 0.125. The molecule has 3 N–H and O–H groups in total. The zero-order valence-electron chi connectivity index (χ0n) is 6.99. The van der Waals surface area contributed by atoms with Crippen LogP contribution in [0.2, 0.25) is 5.02 Å². The molecule has 0 heterocycles. The van der Waals surface area contributed by atoms with Crippen LogP contribution in [0, 0.1) is 0 Å². The maximum atomic E-state index is 8.50. The molecule has 0 amide bonds. The van der Waals surface area contributed by atoms with E-state index in [-0.39, 0.29) is 5.84 Å². The molecule has 0 atom stereocenters. The minimum absolute atomic E-state index is 0.0982. The molecule has 13 heavy (non-hydrogen) atoms. The van der Waals surface area contributed by atoms with E-state index in [1.807, 2.05) is 6.26 Å². The van der Waals surface area contributed by atoms with E-state index < -0.39 is 0 Å². The second-order valence-corrected chi connectivity index (χ2v) is 3.61. The predicted octanol–water partition coefficient (Wildman–Crippen LogP) is 2.16. The summed E-state index contributed by atoms with van der Waals surface area (Å²) < 4.78 is 0. The third kappa shape index (κ3) is 2.29. The monoisotopic (exact) mass is 216 g/mol. The maximum absolute atomic E-state index is 8.50. The molecule has 0 spiro atoms. The van der Waals surface area contributed by atoms with Crippen molar-refractivity contribution in [2.24, 2.45) is 10.9 Å². The van der Waals surface area contributed by atoms with Gasteiger partial charge in [0.05, 0.1) is 0 Å². The molecule has 3 nitrogen and oxygen atoms in total. The van der Waals surface area contributed by atoms with Crippen LogP contribution in [0.3, 0.4) is 0 Å². The van der Waals surface area contributed by atoms with E-state index in [1.54, 1.807) is 18.2 Å². The number of oxime groups is 1. The van der Waals surface area contributed by atoms with Crippen LogP contribution in [0.1, 0.15) is 5.56 Å². The number of benzene rings is 1. The number of hydrogen-bond acceptors (Lipinski definition) is 3. The average molecular weight is 217 g/mol. The number of hydrogen-bond donors (Lipinski definition) is 2. The Balaban J connectivity index is 3.21. The standard InChI is InChI=1S/C8H9ClN2OS/c1-13-7-4-5(9)2-3-6(7)8(10)11-12/h2-4,12H,1H3,(H2,10,11). The molecule has 0 radical (unpaired) electrons. The van der Waals surface area contributed by atoms with Crippen molar-refractivity contribution in [2.75, 3.05) is 6.26 Å². The maximum Gasteiger partial charge on any atom is 0.171 e. The molecule has 0 aliphatic rings. The van der Waals surface area contributed by atoms with Crippen molar-refractivity contribution < 1.29 is 5.21 Å². The summed E-state index contributed by atoms with van der Waals surface area (Å²) in [7, 11) is 0. The predicted molar refractivity (Wildman–Crippen MR) is 55.7 cm³/mol. The summed E-state index contributed by atoms with van der Waals surface area (Å²) >= 11 is 7.28. The summed E-state index contributed by atoms with van der Waals surface area (Å²) in [4.78, 5) is 0.891. The molecule has 70 valence electrons. The van der Waals surface area contributed by atoms with E-state index in [0.717, 1.165) is 4.90 Å². The first-order valence-electron chi connectivity index (χ1n) is 3.50. The molecule has 1 aromatic carbocycles. The summed E-state index contributed by atoms with van der Waals surface area (Å²) in [5, 5.41) is 12.1. The lowest BCUT2D eigenvalue weighted by molar-refractivity contribution is 0.318. The first-order chi connectivity index (χ1) is 6.19. The second-order valence-electron chi connectivity index (χ2n) is 2.33. The average Bonchev–Trinajstić information content (AvgIpc) is 2.16. The Kier molecular flexibility index (Phi) is 3.45. The number of nitrogens with two attached hydrogens (primary N) is 1. The molecule has 5 heteroatoms. The Bertz CT molecular complexity index is 341. The molecule has 1 rings (SSSR count). The Labute approximate surface area is 85.6 Å². The third-order valence-corrected chi connectivity index (χ3v) is 2.56. The van der Waals surface area contributed by atoms with E-state index in [4.69, 9.17) is 22.5 Å². The van der Waals surface area contributed by atoms with Crippen molar-refractivity contribution in [1.82, 2.24) is 0 Å². The van der Waals surface area contributed by atoms with Crippen LogP contribution in [0.4, 0.5) is 0 Å². The van der Waals surface area contributed by atoms with Gasteiger partial charge in [0.1, 0.15) is 0 Å². The van der Waals surface area contributed by atoms with Crippen LogP contribution in [0.15, 0.2) is 28.3 Å². The highest BCUT2D eigenvalue weighted by Gasteiger charge is 2.06. The molecule has 0 bridgehead atoms. The van der Waals surface area contributed by atoms with Gasteiger partial charge in [0.25, 0.3) is 0 Å². The molecule has 0 unspecified atom stereocenters. The lowest BCUT2D eigenvalue weighted by Gasteiger charge is -2.05. The molecule has 0 aliphatic heterocycles. The SMILES string of the molecule is CSc1cc(Cl)ccc1C(N)=NO. The highest BCUT2D eigenvalue weighted by atomic mass is 35.5. The van der Waals surface area contributed by atoms with Crippen molar-refractivity contribution in [3.8, 4) is 0 Å². The van der Waals surface area contributed by atoms with Crippen molar-refractivity contribution in [2.45, 2.75) is 4.90 Å². The third-order valence-electron chi connectivity index (χ3n) is 1.55. The zero-order valence-corrected chi connectivity index (χ0v) is 8.56. The fourth-order valence-corrected chi connectivity index (χ4v) is 1.80. The molecule has 0 aromatic heterocycles. The van der Waals surface area contributed by atoms with E-state index in [9.17, 15) is 0 Å². The first kappa shape index (κ1) is 10.2. The first-order valence-corrected chi connectivity index (χ1v) is 5.10. The normalized spacial score (nSPS) is 11.7. The van der Waals surface area contributed by atoms with Crippen LogP contribution >= 0.6 is 23.4 Å². The Hall–Kier alpha value is -0.870. The van der Waals surface area contributed by atoms with Gasteiger partial charge in [0.2, 0.25) is 0 Å². The van der Waals surface area contributed by atoms with Gasteiger partial charge in [-0.25, -0.2) is 0 Å². The van der Waals surface area contributed by atoms with Crippen LogP contribution in [-0.4, -0.2) is 17.3 Å². The summed E-state index contributed by atoms with van der Waals surface area (Å²) in [5.41, 5.74) is 6.16. The van der Waals surface area contributed by atoms with Gasteiger partial charge in [0, 0.05) is 15.5 Å². The lowest BCUT2D eigenvalue weighted by Crippen LogP contribution is -2.13. The highest BCUT2D eigenvalue weighted by Crippen LogP contribution is 2.23. The summed E-state index contributed by atoms with van der Waals surface area (Å²) in [6.07, 6.45) is 1.90. The van der Waals surface area contributed by atoms with E-state index >= 15 is 0 Å². The van der Waals surface area contributed by atoms with E-state index in [2.05, 4.69) is 5.16 Å². The molecule has 0 aliphatic carbocycles. The number of thioether (sulfide) groups is 1. The molecule has 0 saturated heterocycles. The quantitative estimate of drug-likeness (QED) is 0.262. The summed E-state index contributed by atoms with van der Waals surface area (Å²) in [6.45, 7) is 0. The second kappa shape index (κ2) is 4.39. The smallest absolute Gasteiger partial charge is 0.171 e. The van der Waals surface area contributed by atoms with Gasteiger partial charge in [-0.15, -0.1) is 11.8 Å². The van der Waals surface area contributed by atoms with Gasteiger partial charge in [-0.1, -0.05) is 16.8 Å². The zero-order chi connectivity index (χ0) is 9.84. The molecule has 0 saturated carbocycles. The van der Waals surface area contributed by atoms with Gasteiger partial charge in [-0.05, 0) is 24.5 Å². The molecular formula is C8H9ClN2OS. The van der Waals surface area contributed by atoms with Gasteiger partial charge in [-0.3, -0.25) is 0 Å². The number of amidine groups is 1. The Morgan fingerprint density at radius 3 is 2.85 bits per heavy atom. The minimum Gasteiger partial charge on any atom is -0.409 e. The van der Waals surface area contributed by atoms with Crippen LogP contribution < -0.4 is 5.73 Å². The topological polar surface area (TPSA) is 58.6 Å². The molecule has 0 fully saturated rings. The largest absolute Gasteiger partial charge is 0.409 e. The molecular weight excluding hydrogens is 208 g/mol. The number of rotatable bonds is 2. The van der Waals surface area contributed by atoms with E-state index in [1.165, 1.54) is 11.8 Å². The van der Waals surface area contributed by atoms with Crippen molar-refractivity contribution in [3.63, 3.8) is 0 Å². The van der Waals surface area contributed by atoms with Crippen LogP contribution in [0.5, 0.6) is 0 Å². The van der Waals surface area contributed by atoms with Gasteiger partial charge in [-0.2, -0.15) is 0 Å². The lowest BCUT2D eigenvalue weighted by atomic mass is 10.2. The van der Waals surface area contributed by atoms with Crippen molar-refractivity contribution >= 4 is 29.2 Å². The molecule has 1 aromatic rings. The number of nitrogens with zero attached hydrogens (tertiary/aromatic N) is 1. The Morgan fingerprint density at radius 2 is 2.31 bits per heavy atom. The van der Waals surface area contributed by atoms with Crippen molar-refractivity contribution in [1.29, 1.82) is 0 Å². The van der Waals surface area contributed by atoms with Gasteiger partial charge in [0.15, 0.2) is 5.84 Å².